The highest BCUT2D eigenvalue weighted by atomic mass is 16.5. The summed E-state index contributed by atoms with van der Waals surface area (Å²) < 4.78 is 5.25. The van der Waals surface area contributed by atoms with Crippen molar-refractivity contribution in [3.63, 3.8) is 0 Å². The second kappa shape index (κ2) is 4.73. The van der Waals surface area contributed by atoms with E-state index in [1.807, 2.05) is 0 Å². The van der Waals surface area contributed by atoms with E-state index < -0.39 is 0 Å². The molecule has 2 nitrogen and oxygen atoms in total. The van der Waals surface area contributed by atoms with E-state index in [0.29, 0.717) is 6.10 Å². The molecule has 1 N–H and O–H groups in total. The summed E-state index contributed by atoms with van der Waals surface area (Å²) in [6.07, 6.45) is 5.53. The van der Waals surface area contributed by atoms with E-state index in [1.54, 1.807) is 0 Å². The highest BCUT2D eigenvalue weighted by Gasteiger charge is 2.18. The summed E-state index contributed by atoms with van der Waals surface area (Å²) in [5.74, 6) is 0. The molecule has 0 saturated carbocycles. The summed E-state index contributed by atoms with van der Waals surface area (Å²) in [6, 6.07) is 0. The first kappa shape index (κ1) is 9.01. The van der Waals surface area contributed by atoms with Crippen molar-refractivity contribution in [2.45, 2.75) is 51.2 Å². The van der Waals surface area contributed by atoms with Crippen LogP contribution in [0.5, 0.6) is 0 Å². The zero-order valence-corrected chi connectivity index (χ0v) is 7.25. The van der Waals surface area contributed by atoms with Gasteiger partial charge in [-0.1, -0.05) is 13.3 Å². The van der Waals surface area contributed by atoms with E-state index in [0.717, 1.165) is 32.3 Å². The summed E-state index contributed by atoms with van der Waals surface area (Å²) in [5.41, 5.74) is 0. The van der Waals surface area contributed by atoms with Gasteiger partial charge in [0.2, 0.25) is 0 Å². The Morgan fingerprint density at radius 1 is 1.55 bits per heavy atom. The van der Waals surface area contributed by atoms with Gasteiger partial charge in [0.05, 0.1) is 12.2 Å². The third-order valence-electron chi connectivity index (χ3n) is 2.24. The first-order valence-corrected chi connectivity index (χ1v) is 4.62. The predicted octanol–water partition coefficient (Wildman–Crippen LogP) is 1.72. The topological polar surface area (TPSA) is 29.5 Å². The lowest BCUT2D eigenvalue weighted by atomic mass is 10.0. The minimum atomic E-state index is -0.0933. The third kappa shape index (κ3) is 3.21. The Kier molecular flexibility index (Phi) is 3.87. The molecule has 0 bridgehead atoms. The Bertz CT molecular complexity index is 99.7. The number of aliphatic hydroxyl groups is 1. The van der Waals surface area contributed by atoms with E-state index in [-0.39, 0.29) is 6.10 Å². The molecule has 0 aliphatic carbocycles. The normalized spacial score (nSPS) is 26.2. The zero-order chi connectivity index (χ0) is 8.10. The molecule has 0 radical (unpaired) electrons. The second-order valence-corrected chi connectivity index (χ2v) is 3.30. The molecule has 2 atom stereocenters. The van der Waals surface area contributed by atoms with E-state index in [4.69, 9.17) is 4.74 Å². The van der Waals surface area contributed by atoms with Crippen LogP contribution in [0.2, 0.25) is 0 Å². The first-order chi connectivity index (χ1) is 5.33. The lowest BCUT2D eigenvalue weighted by Gasteiger charge is -2.27. The van der Waals surface area contributed by atoms with Crippen LogP contribution in [0.3, 0.4) is 0 Å². The number of aliphatic hydroxyl groups excluding tert-OH is 1. The van der Waals surface area contributed by atoms with Crippen molar-refractivity contribution >= 4 is 0 Å². The van der Waals surface area contributed by atoms with Gasteiger partial charge in [-0.05, 0) is 25.7 Å². The SMILES string of the molecule is CCCC(O)CCC1CCO1. The fraction of sp³-hybridized carbons (Fsp3) is 1.00. The second-order valence-electron chi connectivity index (χ2n) is 3.30. The van der Waals surface area contributed by atoms with Gasteiger partial charge in [0.15, 0.2) is 0 Å². The zero-order valence-electron chi connectivity index (χ0n) is 7.25. The van der Waals surface area contributed by atoms with Gasteiger partial charge in [-0.3, -0.25) is 0 Å². The fourth-order valence-corrected chi connectivity index (χ4v) is 1.37. The minimum Gasteiger partial charge on any atom is -0.393 e. The smallest absolute Gasteiger partial charge is 0.0598 e. The van der Waals surface area contributed by atoms with Crippen LogP contribution in [0.4, 0.5) is 0 Å². The van der Waals surface area contributed by atoms with Crippen LogP contribution in [0, 0.1) is 0 Å². The number of rotatable bonds is 5. The fourth-order valence-electron chi connectivity index (χ4n) is 1.37. The van der Waals surface area contributed by atoms with Gasteiger partial charge < -0.3 is 9.84 Å². The standard InChI is InChI=1S/C9H18O2/c1-2-3-8(10)4-5-9-6-7-11-9/h8-10H,2-7H2,1H3. The summed E-state index contributed by atoms with van der Waals surface area (Å²) in [4.78, 5) is 0. The maximum absolute atomic E-state index is 9.36. The number of hydrogen-bond acceptors (Lipinski definition) is 2. The van der Waals surface area contributed by atoms with Crippen LogP contribution in [0.15, 0.2) is 0 Å². The van der Waals surface area contributed by atoms with E-state index in [9.17, 15) is 5.11 Å². The van der Waals surface area contributed by atoms with Crippen LogP contribution in [0.1, 0.15) is 39.0 Å². The van der Waals surface area contributed by atoms with Gasteiger partial charge >= 0.3 is 0 Å². The van der Waals surface area contributed by atoms with Gasteiger partial charge in [-0.25, -0.2) is 0 Å². The van der Waals surface area contributed by atoms with Crippen molar-refractivity contribution in [3.8, 4) is 0 Å². The Labute approximate surface area is 68.6 Å². The largest absolute Gasteiger partial charge is 0.393 e. The lowest BCUT2D eigenvalue weighted by Crippen LogP contribution is -2.27. The molecule has 1 saturated heterocycles. The van der Waals surface area contributed by atoms with Crippen molar-refractivity contribution in [1.29, 1.82) is 0 Å². The molecule has 2 heteroatoms. The molecule has 0 aromatic rings. The summed E-state index contributed by atoms with van der Waals surface area (Å²) in [6.45, 7) is 3.03. The average molecular weight is 158 g/mol. The van der Waals surface area contributed by atoms with Crippen LogP contribution in [0.25, 0.3) is 0 Å². The van der Waals surface area contributed by atoms with E-state index >= 15 is 0 Å². The summed E-state index contributed by atoms with van der Waals surface area (Å²) in [7, 11) is 0. The van der Waals surface area contributed by atoms with Crippen LogP contribution >= 0.6 is 0 Å². The van der Waals surface area contributed by atoms with Crippen molar-refractivity contribution in [2.75, 3.05) is 6.61 Å². The van der Waals surface area contributed by atoms with E-state index in [2.05, 4.69) is 6.92 Å². The molecular formula is C9H18O2. The maximum Gasteiger partial charge on any atom is 0.0598 e. The molecule has 66 valence electrons. The average Bonchev–Trinajstić information content (AvgIpc) is 1.85. The van der Waals surface area contributed by atoms with Gasteiger partial charge in [0, 0.05) is 6.61 Å². The van der Waals surface area contributed by atoms with Crippen molar-refractivity contribution in [1.82, 2.24) is 0 Å². The summed E-state index contributed by atoms with van der Waals surface area (Å²) in [5, 5.41) is 9.36. The third-order valence-corrected chi connectivity index (χ3v) is 2.24. The Balaban J connectivity index is 1.92. The molecule has 0 aromatic carbocycles. The van der Waals surface area contributed by atoms with E-state index in [1.165, 1.54) is 6.42 Å². The lowest BCUT2D eigenvalue weighted by molar-refractivity contribution is -0.0605. The molecule has 1 aliphatic heterocycles. The Hall–Kier alpha value is -0.0800. The maximum atomic E-state index is 9.36. The Morgan fingerprint density at radius 3 is 2.73 bits per heavy atom. The molecule has 1 fully saturated rings. The first-order valence-electron chi connectivity index (χ1n) is 4.62. The summed E-state index contributed by atoms with van der Waals surface area (Å²) >= 11 is 0. The van der Waals surface area contributed by atoms with Crippen molar-refractivity contribution in [2.24, 2.45) is 0 Å². The number of hydrogen-bond donors (Lipinski definition) is 1. The molecule has 2 unspecified atom stereocenters. The van der Waals surface area contributed by atoms with Gasteiger partial charge in [0.1, 0.15) is 0 Å². The molecule has 1 rings (SSSR count). The minimum absolute atomic E-state index is 0.0933. The van der Waals surface area contributed by atoms with Crippen molar-refractivity contribution < 1.29 is 9.84 Å². The molecule has 1 aliphatic rings. The van der Waals surface area contributed by atoms with Gasteiger partial charge in [-0.2, -0.15) is 0 Å². The van der Waals surface area contributed by atoms with Gasteiger partial charge in [0.25, 0.3) is 0 Å². The highest BCUT2D eigenvalue weighted by Crippen LogP contribution is 2.18. The monoisotopic (exact) mass is 158 g/mol. The number of ether oxygens (including phenoxy) is 1. The van der Waals surface area contributed by atoms with Gasteiger partial charge in [-0.15, -0.1) is 0 Å². The molecule has 1 heterocycles. The van der Waals surface area contributed by atoms with Crippen molar-refractivity contribution in [3.05, 3.63) is 0 Å². The Morgan fingerprint density at radius 2 is 2.27 bits per heavy atom. The molecule has 0 amide bonds. The van der Waals surface area contributed by atoms with Crippen LogP contribution in [-0.2, 0) is 4.74 Å². The molecular weight excluding hydrogens is 140 g/mol. The molecule has 0 spiro atoms. The highest BCUT2D eigenvalue weighted by molar-refractivity contribution is 4.68. The molecule has 0 aromatic heterocycles. The van der Waals surface area contributed by atoms with Crippen LogP contribution < -0.4 is 0 Å². The molecule has 11 heavy (non-hydrogen) atoms. The quantitative estimate of drug-likeness (QED) is 0.660. The predicted molar refractivity (Wildman–Crippen MR) is 44.5 cm³/mol. The van der Waals surface area contributed by atoms with Crippen LogP contribution in [-0.4, -0.2) is 23.9 Å².